The highest BCUT2D eigenvalue weighted by Crippen LogP contribution is 2.36. The molecule has 1 aliphatic carbocycles. The van der Waals surface area contributed by atoms with E-state index in [1.165, 1.54) is 0 Å². The first-order valence-electron chi connectivity index (χ1n) is 4.14. The van der Waals surface area contributed by atoms with E-state index in [-0.39, 0.29) is 5.54 Å². The molecule has 1 aromatic heterocycles. The lowest BCUT2D eigenvalue weighted by Gasteiger charge is -2.04. The number of hydrogen-bond acceptors (Lipinski definition) is 4. The molecule has 0 radical (unpaired) electrons. The van der Waals surface area contributed by atoms with Crippen molar-refractivity contribution in [3.05, 3.63) is 5.82 Å². The number of aromatic nitrogens is 3. The average Bonchev–Trinajstić information content (AvgIpc) is 2.60. The van der Waals surface area contributed by atoms with Crippen molar-refractivity contribution in [1.82, 2.24) is 15.2 Å². The molecule has 0 saturated heterocycles. The van der Waals surface area contributed by atoms with Gasteiger partial charge < -0.3 is 11.5 Å². The molecule has 2 rings (SSSR count). The molecule has 5 nitrogen and oxygen atoms in total. The van der Waals surface area contributed by atoms with Gasteiger partial charge in [0.15, 0.2) is 0 Å². The summed E-state index contributed by atoms with van der Waals surface area (Å²) in [7, 11) is 0. The van der Waals surface area contributed by atoms with Crippen LogP contribution in [-0.2, 0) is 6.42 Å². The zero-order valence-electron chi connectivity index (χ0n) is 6.88. The van der Waals surface area contributed by atoms with Gasteiger partial charge in [-0.1, -0.05) is 0 Å². The van der Waals surface area contributed by atoms with E-state index in [2.05, 4.69) is 15.2 Å². The van der Waals surface area contributed by atoms with Crippen LogP contribution in [0.2, 0.25) is 0 Å². The van der Waals surface area contributed by atoms with E-state index in [0.29, 0.717) is 5.95 Å². The Morgan fingerprint density at radius 3 is 2.75 bits per heavy atom. The van der Waals surface area contributed by atoms with Crippen LogP contribution in [-0.4, -0.2) is 20.7 Å². The minimum absolute atomic E-state index is 0.0849. The smallest absolute Gasteiger partial charge is 0.239 e. The Morgan fingerprint density at radius 2 is 2.25 bits per heavy atom. The summed E-state index contributed by atoms with van der Waals surface area (Å²) in [6.45, 7) is 0. The predicted octanol–water partition coefficient (Wildman–Crippen LogP) is -0.189. The molecule has 0 spiro atoms. The normalized spacial score (nSPS) is 19.4. The maximum absolute atomic E-state index is 5.91. The van der Waals surface area contributed by atoms with E-state index in [0.717, 1.165) is 31.5 Å². The largest absolute Gasteiger partial charge is 0.367 e. The predicted molar refractivity (Wildman–Crippen MR) is 45.3 cm³/mol. The summed E-state index contributed by atoms with van der Waals surface area (Å²) in [6.07, 6.45) is 4.09. The summed E-state index contributed by atoms with van der Waals surface area (Å²) in [5, 5.41) is 6.50. The first-order valence-corrected chi connectivity index (χ1v) is 4.14. The molecule has 0 atom stereocenters. The highest BCUT2D eigenvalue weighted by molar-refractivity contribution is 5.13. The second kappa shape index (κ2) is 2.45. The van der Waals surface area contributed by atoms with Gasteiger partial charge in [-0.2, -0.15) is 4.98 Å². The minimum atomic E-state index is 0.0849. The summed E-state index contributed by atoms with van der Waals surface area (Å²) >= 11 is 0. The summed E-state index contributed by atoms with van der Waals surface area (Å²) in [5.41, 5.74) is 11.3. The first kappa shape index (κ1) is 7.54. The summed E-state index contributed by atoms with van der Waals surface area (Å²) in [6, 6.07) is 0. The fourth-order valence-electron chi connectivity index (χ4n) is 1.20. The maximum Gasteiger partial charge on any atom is 0.239 e. The SMILES string of the molecule is Nc1n[nH]c(CCC2(N)CC2)n1. The van der Waals surface area contributed by atoms with Gasteiger partial charge in [-0.25, -0.2) is 0 Å². The van der Waals surface area contributed by atoms with Crippen LogP contribution in [0.15, 0.2) is 0 Å². The number of aryl methyl sites for hydroxylation is 1. The van der Waals surface area contributed by atoms with Crippen LogP contribution in [0.5, 0.6) is 0 Å². The molecule has 5 heteroatoms. The molecule has 5 N–H and O–H groups in total. The lowest BCUT2D eigenvalue weighted by atomic mass is 10.1. The van der Waals surface area contributed by atoms with Crippen molar-refractivity contribution in [3.63, 3.8) is 0 Å². The molecular weight excluding hydrogens is 154 g/mol. The monoisotopic (exact) mass is 167 g/mol. The number of nitrogens with two attached hydrogens (primary N) is 2. The lowest BCUT2D eigenvalue weighted by molar-refractivity contribution is 0.597. The molecule has 1 aromatic rings. The van der Waals surface area contributed by atoms with Crippen molar-refractivity contribution in [2.24, 2.45) is 5.73 Å². The Labute approximate surface area is 70.5 Å². The number of nitrogens with zero attached hydrogens (tertiary/aromatic N) is 2. The van der Waals surface area contributed by atoms with E-state index in [9.17, 15) is 0 Å². The van der Waals surface area contributed by atoms with Gasteiger partial charge in [0.1, 0.15) is 5.82 Å². The second-order valence-corrected chi connectivity index (χ2v) is 3.50. The van der Waals surface area contributed by atoms with Gasteiger partial charge in [-0.05, 0) is 19.3 Å². The topological polar surface area (TPSA) is 93.6 Å². The van der Waals surface area contributed by atoms with Crippen molar-refractivity contribution >= 4 is 5.95 Å². The number of nitrogen functional groups attached to an aromatic ring is 1. The zero-order chi connectivity index (χ0) is 8.60. The van der Waals surface area contributed by atoms with E-state index in [1.54, 1.807) is 0 Å². The van der Waals surface area contributed by atoms with Gasteiger partial charge in [0, 0.05) is 12.0 Å². The van der Waals surface area contributed by atoms with Gasteiger partial charge in [0.25, 0.3) is 0 Å². The van der Waals surface area contributed by atoms with Crippen LogP contribution in [0.3, 0.4) is 0 Å². The number of rotatable bonds is 3. The van der Waals surface area contributed by atoms with Gasteiger partial charge in [0.05, 0.1) is 0 Å². The molecule has 1 fully saturated rings. The molecule has 1 heterocycles. The quantitative estimate of drug-likeness (QED) is 0.581. The Balaban J connectivity index is 1.87. The molecule has 12 heavy (non-hydrogen) atoms. The zero-order valence-corrected chi connectivity index (χ0v) is 6.88. The average molecular weight is 167 g/mol. The Bertz CT molecular complexity index is 275. The lowest BCUT2D eigenvalue weighted by Crippen LogP contribution is -2.22. The number of H-pyrrole nitrogens is 1. The van der Waals surface area contributed by atoms with Crippen LogP contribution in [0.1, 0.15) is 25.1 Å². The highest BCUT2D eigenvalue weighted by atomic mass is 15.3. The van der Waals surface area contributed by atoms with Crippen molar-refractivity contribution in [3.8, 4) is 0 Å². The van der Waals surface area contributed by atoms with Gasteiger partial charge in [-0.15, -0.1) is 5.10 Å². The van der Waals surface area contributed by atoms with Crippen molar-refractivity contribution in [2.75, 3.05) is 5.73 Å². The first-order chi connectivity index (χ1) is 5.68. The molecule has 0 aliphatic heterocycles. The molecule has 0 unspecified atom stereocenters. The molecule has 0 amide bonds. The second-order valence-electron chi connectivity index (χ2n) is 3.50. The third-order valence-corrected chi connectivity index (χ3v) is 2.30. The molecule has 66 valence electrons. The molecule has 1 saturated carbocycles. The summed E-state index contributed by atoms with van der Waals surface area (Å²) in [5.74, 6) is 1.15. The Morgan fingerprint density at radius 1 is 1.50 bits per heavy atom. The van der Waals surface area contributed by atoms with E-state index >= 15 is 0 Å². The standard InChI is InChI=1S/C7H13N5/c8-6-10-5(11-12-6)1-2-7(9)3-4-7/h1-4,9H2,(H3,8,10,11,12). The number of anilines is 1. The van der Waals surface area contributed by atoms with Crippen LogP contribution in [0.4, 0.5) is 5.95 Å². The van der Waals surface area contributed by atoms with Crippen molar-refractivity contribution in [2.45, 2.75) is 31.2 Å². The third-order valence-electron chi connectivity index (χ3n) is 2.30. The van der Waals surface area contributed by atoms with Gasteiger partial charge in [0.2, 0.25) is 5.95 Å². The maximum atomic E-state index is 5.91. The number of hydrogen-bond donors (Lipinski definition) is 3. The molecule has 0 bridgehead atoms. The van der Waals surface area contributed by atoms with Crippen molar-refractivity contribution < 1.29 is 0 Å². The van der Waals surface area contributed by atoms with Crippen LogP contribution >= 0.6 is 0 Å². The van der Waals surface area contributed by atoms with E-state index in [1.807, 2.05) is 0 Å². The van der Waals surface area contributed by atoms with Gasteiger partial charge >= 0.3 is 0 Å². The van der Waals surface area contributed by atoms with E-state index < -0.39 is 0 Å². The van der Waals surface area contributed by atoms with Gasteiger partial charge in [-0.3, -0.25) is 5.10 Å². The molecular formula is C7H13N5. The molecule has 0 aromatic carbocycles. The number of aromatic amines is 1. The fourth-order valence-corrected chi connectivity index (χ4v) is 1.20. The van der Waals surface area contributed by atoms with E-state index in [4.69, 9.17) is 11.5 Å². The summed E-state index contributed by atoms with van der Waals surface area (Å²) < 4.78 is 0. The van der Waals surface area contributed by atoms with Crippen LogP contribution < -0.4 is 11.5 Å². The minimum Gasteiger partial charge on any atom is -0.367 e. The third kappa shape index (κ3) is 1.55. The van der Waals surface area contributed by atoms with Crippen molar-refractivity contribution in [1.29, 1.82) is 0 Å². The molecule has 1 aliphatic rings. The summed E-state index contributed by atoms with van der Waals surface area (Å²) in [4.78, 5) is 4.00. The Hall–Kier alpha value is -1.10. The van der Waals surface area contributed by atoms with Crippen LogP contribution in [0, 0.1) is 0 Å². The highest BCUT2D eigenvalue weighted by Gasteiger charge is 2.37. The fraction of sp³-hybridized carbons (Fsp3) is 0.714. The van der Waals surface area contributed by atoms with Crippen LogP contribution in [0.25, 0.3) is 0 Å². The number of nitrogens with one attached hydrogen (secondary N) is 1. The Kier molecular flexibility index (Phi) is 1.54.